The van der Waals surface area contributed by atoms with Gasteiger partial charge >= 0.3 is 6.03 Å². The number of hydrogen-bond donors (Lipinski definition) is 2. The molecule has 1 aromatic carbocycles. The maximum absolute atomic E-state index is 12.5. The molecule has 6 aliphatic rings. The second kappa shape index (κ2) is 11.6. The molecule has 0 radical (unpaired) electrons. The quantitative estimate of drug-likeness (QED) is 0.425. The molecule has 11 nitrogen and oxygen atoms in total. The van der Waals surface area contributed by atoms with Crippen LogP contribution in [0, 0.1) is 17.8 Å². The Labute approximate surface area is 258 Å². The summed E-state index contributed by atoms with van der Waals surface area (Å²) < 4.78 is 5.61. The number of carbonyl (C=O) groups is 1. The zero-order chi connectivity index (χ0) is 29.5. The van der Waals surface area contributed by atoms with Crippen molar-refractivity contribution in [3.8, 4) is 11.4 Å². The van der Waals surface area contributed by atoms with Crippen molar-refractivity contribution in [1.29, 1.82) is 0 Å². The Bertz CT molecular complexity index is 1440. The molecular formula is C33H41N9O2. The van der Waals surface area contributed by atoms with E-state index >= 15 is 0 Å². The van der Waals surface area contributed by atoms with E-state index in [2.05, 4.69) is 30.3 Å². The Morgan fingerprint density at radius 3 is 1.84 bits per heavy atom. The average Bonchev–Trinajstić information content (AvgIpc) is 3.05. The fourth-order valence-corrected chi connectivity index (χ4v) is 8.79. The van der Waals surface area contributed by atoms with E-state index in [4.69, 9.17) is 19.7 Å². The van der Waals surface area contributed by atoms with Crippen molar-refractivity contribution in [3.05, 3.63) is 48.8 Å². The van der Waals surface area contributed by atoms with Crippen LogP contribution in [0.5, 0.6) is 0 Å². The summed E-state index contributed by atoms with van der Waals surface area (Å²) in [6.45, 7) is 6.87. The molecule has 9 rings (SSSR count). The summed E-state index contributed by atoms with van der Waals surface area (Å²) in [4.78, 5) is 38.8. The normalized spacial score (nSPS) is 28.2. The zero-order valence-corrected chi connectivity index (χ0v) is 25.2. The van der Waals surface area contributed by atoms with Crippen LogP contribution < -0.4 is 20.4 Å². The van der Waals surface area contributed by atoms with E-state index in [0.717, 1.165) is 68.5 Å². The van der Waals surface area contributed by atoms with Crippen molar-refractivity contribution in [2.24, 2.45) is 17.8 Å². The Balaban J connectivity index is 0.992. The lowest BCUT2D eigenvalue weighted by Crippen LogP contribution is -2.64. The molecule has 230 valence electrons. The van der Waals surface area contributed by atoms with E-state index in [0.29, 0.717) is 41.9 Å². The van der Waals surface area contributed by atoms with E-state index in [9.17, 15) is 4.79 Å². The minimum absolute atomic E-state index is 0.311. The van der Waals surface area contributed by atoms with Crippen LogP contribution in [0.3, 0.4) is 0 Å². The highest BCUT2D eigenvalue weighted by Crippen LogP contribution is 2.57. The number of anilines is 4. The van der Waals surface area contributed by atoms with Crippen molar-refractivity contribution in [3.63, 3.8) is 0 Å². The summed E-state index contributed by atoms with van der Waals surface area (Å²) in [5.74, 6) is 4.97. The van der Waals surface area contributed by atoms with E-state index in [1.807, 2.05) is 24.3 Å². The van der Waals surface area contributed by atoms with Gasteiger partial charge in [0.25, 0.3) is 0 Å². The third-order valence-corrected chi connectivity index (χ3v) is 10.5. The number of rotatable bonds is 6. The molecule has 2 amide bonds. The van der Waals surface area contributed by atoms with Crippen LogP contribution in [0.2, 0.25) is 0 Å². The molecule has 44 heavy (non-hydrogen) atoms. The molecular weight excluding hydrogens is 554 g/mol. The third kappa shape index (κ3) is 5.59. The van der Waals surface area contributed by atoms with Crippen molar-refractivity contribution in [2.75, 3.05) is 72.9 Å². The predicted molar refractivity (Wildman–Crippen MR) is 170 cm³/mol. The minimum Gasteiger partial charge on any atom is -0.378 e. The highest BCUT2D eigenvalue weighted by atomic mass is 16.5. The largest absolute Gasteiger partial charge is 0.378 e. The Morgan fingerprint density at radius 2 is 1.25 bits per heavy atom. The Hall–Kier alpha value is -3.83. The SMILES string of the molecule is O=C(Nc1ccncc1)Nc1ccc(-c2nc(N3CCOCC3)nc(N3CCN(C45CC6CC(CC(C6)C4)C5)CC3)n2)cc1. The number of nitrogens with one attached hydrogen (secondary N) is 2. The van der Waals surface area contributed by atoms with Crippen molar-refractivity contribution in [2.45, 2.75) is 44.1 Å². The van der Waals surface area contributed by atoms with Gasteiger partial charge in [0.1, 0.15) is 0 Å². The van der Waals surface area contributed by atoms with Crippen LogP contribution in [0.1, 0.15) is 38.5 Å². The number of nitrogens with zero attached hydrogens (tertiary/aromatic N) is 7. The lowest BCUT2D eigenvalue weighted by atomic mass is 9.52. The van der Waals surface area contributed by atoms with Crippen LogP contribution in [-0.2, 0) is 4.74 Å². The van der Waals surface area contributed by atoms with Crippen molar-refractivity contribution < 1.29 is 9.53 Å². The van der Waals surface area contributed by atoms with Gasteiger partial charge in [0.05, 0.1) is 13.2 Å². The van der Waals surface area contributed by atoms with Gasteiger partial charge in [0, 0.05) is 74.1 Å². The summed E-state index contributed by atoms with van der Waals surface area (Å²) in [6, 6.07) is 10.8. The second-order valence-corrected chi connectivity index (χ2v) is 13.4. The summed E-state index contributed by atoms with van der Waals surface area (Å²) >= 11 is 0. The fourth-order valence-electron chi connectivity index (χ4n) is 8.79. The number of morpholine rings is 1. The molecule has 4 heterocycles. The zero-order valence-electron chi connectivity index (χ0n) is 25.2. The van der Waals surface area contributed by atoms with Gasteiger partial charge in [-0.15, -0.1) is 0 Å². The van der Waals surface area contributed by atoms with Gasteiger partial charge in [-0.3, -0.25) is 9.88 Å². The maximum atomic E-state index is 12.5. The van der Waals surface area contributed by atoms with Gasteiger partial charge in [0.15, 0.2) is 5.82 Å². The second-order valence-electron chi connectivity index (χ2n) is 13.4. The summed E-state index contributed by atoms with van der Waals surface area (Å²) in [5, 5.41) is 5.70. The molecule has 0 unspecified atom stereocenters. The number of amides is 2. The molecule has 11 heteroatoms. The molecule has 4 bridgehead atoms. The molecule has 6 fully saturated rings. The average molecular weight is 596 g/mol. The van der Waals surface area contributed by atoms with Gasteiger partial charge in [-0.1, -0.05) is 0 Å². The highest BCUT2D eigenvalue weighted by Gasteiger charge is 2.53. The number of carbonyl (C=O) groups excluding carboxylic acids is 1. The molecule has 2 N–H and O–H groups in total. The monoisotopic (exact) mass is 595 g/mol. The van der Waals surface area contributed by atoms with Gasteiger partial charge in [-0.05, 0) is 92.7 Å². The molecule has 3 aromatic rings. The van der Waals surface area contributed by atoms with Gasteiger partial charge in [-0.2, -0.15) is 15.0 Å². The minimum atomic E-state index is -0.311. The highest BCUT2D eigenvalue weighted by molar-refractivity contribution is 5.99. The molecule has 2 saturated heterocycles. The first-order chi connectivity index (χ1) is 21.6. The van der Waals surface area contributed by atoms with Crippen molar-refractivity contribution in [1.82, 2.24) is 24.8 Å². The van der Waals surface area contributed by atoms with Crippen LogP contribution >= 0.6 is 0 Å². The Morgan fingerprint density at radius 1 is 0.705 bits per heavy atom. The number of benzene rings is 1. The maximum Gasteiger partial charge on any atom is 0.323 e. The van der Waals surface area contributed by atoms with E-state index in [-0.39, 0.29) is 6.03 Å². The topological polar surface area (TPSA) is 112 Å². The fraction of sp³-hybridized carbons (Fsp3) is 0.545. The Kier molecular flexibility index (Phi) is 7.30. The standard InChI is InChI=1S/C33H41N9O2/c43-32(36-28-5-7-34-8-6-28)35-27-3-1-26(2-4-27)29-37-30(39-31(38-29)41-13-15-44-16-14-41)40-9-11-42(12-10-40)33-20-23-17-24(21-33)19-25(18-23)22-33/h1-8,23-25H,9-22H2,(H2,34,35,36,43). The molecule has 0 spiro atoms. The van der Waals surface area contributed by atoms with E-state index < -0.39 is 0 Å². The first-order valence-electron chi connectivity index (χ1n) is 16.3. The number of hydrogen-bond acceptors (Lipinski definition) is 9. The number of piperazine rings is 1. The van der Waals surface area contributed by atoms with Gasteiger partial charge in [-0.25, -0.2) is 4.79 Å². The lowest BCUT2D eigenvalue weighted by molar-refractivity contribution is -0.0902. The van der Waals surface area contributed by atoms with Crippen LogP contribution in [0.25, 0.3) is 11.4 Å². The molecule has 4 saturated carbocycles. The smallest absolute Gasteiger partial charge is 0.323 e. The predicted octanol–water partition coefficient (Wildman–Crippen LogP) is 4.51. The number of pyridine rings is 1. The van der Waals surface area contributed by atoms with Gasteiger partial charge < -0.3 is 25.2 Å². The number of urea groups is 1. The molecule has 2 aliphatic heterocycles. The third-order valence-electron chi connectivity index (χ3n) is 10.5. The first kappa shape index (κ1) is 27.7. The molecule has 2 aromatic heterocycles. The lowest BCUT2D eigenvalue weighted by Gasteiger charge is -2.61. The van der Waals surface area contributed by atoms with E-state index in [1.54, 1.807) is 24.5 Å². The number of ether oxygens (including phenoxy) is 1. The molecule has 4 aliphatic carbocycles. The summed E-state index contributed by atoms with van der Waals surface area (Å²) in [5.41, 5.74) is 2.69. The van der Waals surface area contributed by atoms with Crippen LogP contribution in [-0.4, -0.2) is 88.9 Å². The van der Waals surface area contributed by atoms with Crippen LogP contribution in [0.15, 0.2) is 48.8 Å². The number of aromatic nitrogens is 4. The van der Waals surface area contributed by atoms with Crippen LogP contribution in [0.4, 0.5) is 28.1 Å². The molecule has 0 atom stereocenters. The summed E-state index contributed by atoms with van der Waals surface area (Å²) in [6.07, 6.45) is 11.9. The van der Waals surface area contributed by atoms with Gasteiger partial charge in [0.2, 0.25) is 11.9 Å². The summed E-state index contributed by atoms with van der Waals surface area (Å²) in [7, 11) is 0. The van der Waals surface area contributed by atoms with Crippen molar-refractivity contribution >= 4 is 29.3 Å². The van der Waals surface area contributed by atoms with E-state index in [1.165, 1.54) is 38.5 Å². The first-order valence-corrected chi connectivity index (χ1v) is 16.3.